The van der Waals surface area contributed by atoms with Crippen molar-refractivity contribution < 1.29 is 0 Å². The van der Waals surface area contributed by atoms with Gasteiger partial charge in [0.2, 0.25) is 5.16 Å². The van der Waals surface area contributed by atoms with E-state index in [4.69, 9.17) is 5.84 Å². The lowest BCUT2D eigenvalue weighted by Crippen LogP contribution is -2.12. The Morgan fingerprint density at radius 2 is 1.75 bits per heavy atom. The molecular weight excluding hydrogens is 440 g/mol. The minimum atomic E-state index is 0.506. The van der Waals surface area contributed by atoms with Gasteiger partial charge in [0.15, 0.2) is 11.6 Å². The van der Waals surface area contributed by atoms with Crippen LogP contribution >= 0.6 is 27.7 Å². The van der Waals surface area contributed by atoms with Crippen molar-refractivity contribution >= 4 is 27.7 Å². The minimum Gasteiger partial charge on any atom is -0.335 e. The van der Waals surface area contributed by atoms with Crippen LogP contribution in [0.3, 0.4) is 0 Å². The fourth-order valence-corrected chi connectivity index (χ4v) is 4.16. The number of halogens is 1. The molecule has 4 rings (SSSR count). The molecule has 28 heavy (non-hydrogen) atoms. The summed E-state index contributed by atoms with van der Waals surface area (Å²) in [7, 11) is 0. The molecule has 0 fully saturated rings. The molecule has 0 spiro atoms. The summed E-state index contributed by atoms with van der Waals surface area (Å²) < 4.78 is 4.16. The van der Waals surface area contributed by atoms with Gasteiger partial charge < -0.3 is 5.84 Å². The molecule has 2 aromatic carbocycles. The van der Waals surface area contributed by atoms with Gasteiger partial charge in [-0.3, -0.25) is 0 Å². The predicted octanol–water partition coefficient (Wildman–Crippen LogP) is 3.31. The second-order valence-electron chi connectivity index (χ2n) is 6.19. The van der Waals surface area contributed by atoms with Crippen molar-refractivity contribution in [3.05, 3.63) is 63.9 Å². The summed E-state index contributed by atoms with van der Waals surface area (Å²) in [6, 6.07) is 13.9. The van der Waals surface area contributed by atoms with Crippen LogP contribution in [0.2, 0.25) is 0 Å². The normalized spacial score (nSPS) is 11.1. The Balaban J connectivity index is 1.59. The smallest absolute Gasteiger partial charge is 0.210 e. The fourth-order valence-electron chi connectivity index (χ4n) is 2.94. The van der Waals surface area contributed by atoms with E-state index in [2.05, 4.69) is 41.7 Å². The van der Waals surface area contributed by atoms with E-state index in [-0.39, 0.29) is 0 Å². The van der Waals surface area contributed by atoms with Gasteiger partial charge in [-0.15, -0.1) is 15.3 Å². The van der Waals surface area contributed by atoms with Gasteiger partial charge in [-0.1, -0.05) is 58.0 Å². The molecule has 0 bridgehead atoms. The molecule has 0 aliphatic rings. The number of nitrogens with two attached hydrogens (primary N) is 1. The SMILES string of the molecule is Cc1cccc(C)c1-n1nnnc1CSc1nnc(-c2ccccc2Br)n1N. The maximum Gasteiger partial charge on any atom is 0.210 e. The highest BCUT2D eigenvalue weighted by atomic mass is 79.9. The van der Waals surface area contributed by atoms with Crippen LogP contribution in [0.4, 0.5) is 0 Å². The van der Waals surface area contributed by atoms with E-state index in [0.29, 0.717) is 22.6 Å². The molecule has 2 N–H and O–H groups in total. The zero-order valence-corrected chi connectivity index (χ0v) is 17.6. The van der Waals surface area contributed by atoms with Crippen molar-refractivity contribution in [1.82, 2.24) is 35.1 Å². The average Bonchev–Trinajstić information content (AvgIpc) is 3.27. The fraction of sp³-hybridized carbons (Fsp3) is 0.167. The maximum absolute atomic E-state index is 6.23. The number of tetrazole rings is 1. The van der Waals surface area contributed by atoms with Crippen molar-refractivity contribution in [2.75, 3.05) is 5.84 Å². The molecule has 10 heteroatoms. The van der Waals surface area contributed by atoms with Gasteiger partial charge in [-0.2, -0.15) is 4.68 Å². The van der Waals surface area contributed by atoms with Crippen LogP contribution in [-0.2, 0) is 5.75 Å². The standard InChI is InChI=1S/C18H17BrN8S/c1-11-6-5-7-12(2)16(11)27-15(21-24-25-27)10-28-18-23-22-17(26(18)20)13-8-3-4-9-14(13)19/h3-9H,10,20H2,1-2H3. The molecule has 0 atom stereocenters. The summed E-state index contributed by atoms with van der Waals surface area (Å²) >= 11 is 4.95. The van der Waals surface area contributed by atoms with Crippen molar-refractivity contribution in [1.29, 1.82) is 0 Å². The van der Waals surface area contributed by atoms with Gasteiger partial charge in [0.05, 0.1) is 11.4 Å². The number of nitrogens with zero attached hydrogens (tertiary/aromatic N) is 7. The molecule has 8 nitrogen and oxygen atoms in total. The molecule has 0 aliphatic heterocycles. The van der Waals surface area contributed by atoms with Crippen LogP contribution in [0, 0.1) is 13.8 Å². The Morgan fingerprint density at radius 3 is 2.50 bits per heavy atom. The first-order chi connectivity index (χ1) is 13.6. The molecule has 142 valence electrons. The first-order valence-corrected chi connectivity index (χ1v) is 10.3. The number of thioether (sulfide) groups is 1. The average molecular weight is 457 g/mol. The van der Waals surface area contributed by atoms with E-state index in [1.54, 1.807) is 4.68 Å². The van der Waals surface area contributed by atoms with Gasteiger partial charge in [-0.05, 0) is 47.5 Å². The van der Waals surface area contributed by atoms with Gasteiger partial charge >= 0.3 is 0 Å². The van der Waals surface area contributed by atoms with Crippen molar-refractivity contribution in [2.24, 2.45) is 0 Å². The van der Waals surface area contributed by atoms with Gasteiger partial charge in [0.1, 0.15) is 0 Å². The molecule has 2 aromatic heterocycles. The molecule has 4 aromatic rings. The highest BCUT2D eigenvalue weighted by Gasteiger charge is 2.17. The molecule has 0 saturated carbocycles. The Kier molecular flexibility index (Phi) is 5.14. The summed E-state index contributed by atoms with van der Waals surface area (Å²) in [5, 5.41) is 21.2. The first-order valence-electron chi connectivity index (χ1n) is 8.48. The number of para-hydroxylation sites is 1. The maximum atomic E-state index is 6.23. The van der Waals surface area contributed by atoms with E-state index in [1.165, 1.54) is 16.4 Å². The van der Waals surface area contributed by atoms with E-state index in [1.807, 2.05) is 56.3 Å². The Bertz CT molecular complexity index is 1120. The number of aromatic nitrogens is 7. The Morgan fingerprint density at radius 1 is 1.00 bits per heavy atom. The zero-order valence-electron chi connectivity index (χ0n) is 15.2. The monoisotopic (exact) mass is 456 g/mol. The van der Waals surface area contributed by atoms with Crippen LogP contribution in [0.5, 0.6) is 0 Å². The molecule has 0 saturated heterocycles. The third-order valence-electron chi connectivity index (χ3n) is 4.30. The lowest BCUT2D eigenvalue weighted by Gasteiger charge is -2.10. The number of nitrogen functional groups attached to an aromatic ring is 1. The molecular formula is C18H17BrN8S. The third kappa shape index (κ3) is 3.40. The molecule has 0 radical (unpaired) electrons. The highest BCUT2D eigenvalue weighted by Crippen LogP contribution is 2.29. The second kappa shape index (κ2) is 7.72. The molecule has 0 amide bonds. The first kappa shape index (κ1) is 18.6. The third-order valence-corrected chi connectivity index (χ3v) is 5.93. The zero-order chi connectivity index (χ0) is 19.7. The van der Waals surface area contributed by atoms with E-state index >= 15 is 0 Å². The van der Waals surface area contributed by atoms with Gasteiger partial charge in [0.25, 0.3) is 0 Å². The lowest BCUT2D eigenvalue weighted by atomic mass is 10.1. The quantitative estimate of drug-likeness (QED) is 0.363. The van der Waals surface area contributed by atoms with Crippen LogP contribution in [0.25, 0.3) is 17.1 Å². The number of rotatable bonds is 5. The number of hydrogen-bond donors (Lipinski definition) is 1. The van der Waals surface area contributed by atoms with E-state index in [0.717, 1.165) is 26.9 Å². The van der Waals surface area contributed by atoms with E-state index in [9.17, 15) is 0 Å². The van der Waals surface area contributed by atoms with Crippen LogP contribution in [-0.4, -0.2) is 35.1 Å². The van der Waals surface area contributed by atoms with Crippen molar-refractivity contribution in [3.8, 4) is 17.1 Å². The molecule has 2 heterocycles. The van der Waals surface area contributed by atoms with Crippen molar-refractivity contribution in [2.45, 2.75) is 24.8 Å². The summed E-state index contributed by atoms with van der Waals surface area (Å²) in [4.78, 5) is 0. The Labute approximate surface area is 174 Å². The highest BCUT2D eigenvalue weighted by molar-refractivity contribution is 9.10. The summed E-state index contributed by atoms with van der Waals surface area (Å²) in [6.07, 6.45) is 0. The summed E-state index contributed by atoms with van der Waals surface area (Å²) in [5.41, 5.74) is 4.09. The van der Waals surface area contributed by atoms with E-state index < -0.39 is 0 Å². The van der Waals surface area contributed by atoms with Crippen LogP contribution < -0.4 is 5.84 Å². The topological polar surface area (TPSA) is 100 Å². The lowest BCUT2D eigenvalue weighted by molar-refractivity contribution is 0.768. The molecule has 0 aliphatic carbocycles. The number of aryl methyl sites for hydroxylation is 2. The van der Waals surface area contributed by atoms with Gasteiger partial charge in [0, 0.05) is 10.0 Å². The Hall–Kier alpha value is -2.72. The van der Waals surface area contributed by atoms with Gasteiger partial charge in [-0.25, -0.2) is 4.68 Å². The summed E-state index contributed by atoms with van der Waals surface area (Å²) in [5.74, 6) is 8.04. The minimum absolute atomic E-state index is 0.506. The van der Waals surface area contributed by atoms with Crippen LogP contribution in [0.1, 0.15) is 17.0 Å². The van der Waals surface area contributed by atoms with Crippen molar-refractivity contribution in [3.63, 3.8) is 0 Å². The second-order valence-corrected chi connectivity index (χ2v) is 7.99. The predicted molar refractivity (Wildman–Crippen MR) is 111 cm³/mol. The molecule has 0 unspecified atom stereocenters. The van der Waals surface area contributed by atoms with Crippen LogP contribution in [0.15, 0.2) is 52.1 Å². The number of benzene rings is 2. The largest absolute Gasteiger partial charge is 0.335 e. The number of hydrogen-bond acceptors (Lipinski definition) is 7. The summed E-state index contributed by atoms with van der Waals surface area (Å²) in [6.45, 7) is 4.09.